The standard InChI is InChI=1S/C21H22FNO5S/c1-27-16-6-7-20-17(12-16)19(24)13-21(28-20)8-10-23(11-9-21)29(25,26)14-15-4-2-3-5-18(15)22/h2-7,12H,8-11,13-14H2,1H3. The molecule has 2 aromatic carbocycles. The molecule has 2 aliphatic rings. The second-order valence-electron chi connectivity index (χ2n) is 7.49. The lowest BCUT2D eigenvalue weighted by Crippen LogP contribution is -2.52. The van der Waals surface area contributed by atoms with E-state index < -0.39 is 21.4 Å². The normalized spacial score (nSPS) is 18.9. The highest BCUT2D eigenvalue weighted by atomic mass is 32.2. The predicted molar refractivity (Wildman–Crippen MR) is 105 cm³/mol. The Hall–Kier alpha value is -2.45. The molecule has 6 nitrogen and oxygen atoms in total. The highest BCUT2D eigenvalue weighted by Crippen LogP contribution is 2.41. The molecular formula is C21H22FNO5S. The zero-order chi connectivity index (χ0) is 20.6. The summed E-state index contributed by atoms with van der Waals surface area (Å²) in [5.41, 5.74) is -0.0628. The van der Waals surface area contributed by atoms with Crippen molar-refractivity contribution in [3.05, 3.63) is 59.4 Å². The fraction of sp³-hybridized carbons (Fsp3) is 0.381. The van der Waals surface area contributed by atoms with Gasteiger partial charge >= 0.3 is 0 Å². The second-order valence-corrected chi connectivity index (χ2v) is 9.46. The number of piperidine rings is 1. The first kappa shape index (κ1) is 19.8. The summed E-state index contributed by atoms with van der Waals surface area (Å²) in [6, 6.07) is 11.0. The van der Waals surface area contributed by atoms with E-state index in [0.29, 0.717) is 29.9 Å². The first-order valence-corrected chi connectivity index (χ1v) is 11.0. The molecule has 0 N–H and O–H groups in total. The van der Waals surface area contributed by atoms with Gasteiger partial charge in [-0.25, -0.2) is 17.1 Å². The monoisotopic (exact) mass is 419 g/mol. The fourth-order valence-electron chi connectivity index (χ4n) is 3.95. The van der Waals surface area contributed by atoms with Crippen molar-refractivity contribution in [3.8, 4) is 11.5 Å². The van der Waals surface area contributed by atoms with Crippen LogP contribution in [0.3, 0.4) is 0 Å². The maximum Gasteiger partial charge on any atom is 0.218 e. The van der Waals surface area contributed by atoms with Gasteiger partial charge in [0.25, 0.3) is 0 Å². The summed E-state index contributed by atoms with van der Waals surface area (Å²) < 4.78 is 52.1. The summed E-state index contributed by atoms with van der Waals surface area (Å²) in [6.45, 7) is 0.463. The SMILES string of the molecule is COc1ccc2c(c1)C(=O)CC1(CCN(S(=O)(=O)Cc3ccccc3F)CC1)O2. The number of benzene rings is 2. The minimum absolute atomic E-state index is 0.0344. The number of methoxy groups -OCH3 is 1. The molecule has 4 rings (SSSR count). The van der Waals surface area contributed by atoms with Gasteiger partial charge in [-0.1, -0.05) is 18.2 Å². The number of fused-ring (bicyclic) bond motifs is 1. The van der Waals surface area contributed by atoms with Crippen molar-refractivity contribution in [1.82, 2.24) is 4.31 Å². The van der Waals surface area contributed by atoms with Crippen LogP contribution in [-0.4, -0.2) is 44.3 Å². The lowest BCUT2D eigenvalue weighted by molar-refractivity contribution is 0.00581. The van der Waals surface area contributed by atoms with Crippen molar-refractivity contribution >= 4 is 15.8 Å². The molecule has 0 amide bonds. The Morgan fingerprint density at radius 2 is 1.90 bits per heavy atom. The number of hydrogen-bond donors (Lipinski definition) is 0. The molecule has 154 valence electrons. The summed E-state index contributed by atoms with van der Waals surface area (Å²) in [4.78, 5) is 12.7. The Kier molecular flexibility index (Phi) is 5.08. The highest BCUT2D eigenvalue weighted by molar-refractivity contribution is 7.88. The van der Waals surface area contributed by atoms with Crippen molar-refractivity contribution in [3.63, 3.8) is 0 Å². The van der Waals surface area contributed by atoms with E-state index in [2.05, 4.69) is 0 Å². The summed E-state index contributed by atoms with van der Waals surface area (Å²) in [6.07, 6.45) is 1.01. The van der Waals surface area contributed by atoms with E-state index in [1.807, 2.05) is 0 Å². The van der Waals surface area contributed by atoms with Crippen LogP contribution >= 0.6 is 0 Å². The average Bonchev–Trinajstić information content (AvgIpc) is 2.70. The molecule has 1 spiro atoms. The number of nitrogens with zero attached hydrogens (tertiary/aromatic N) is 1. The van der Waals surface area contributed by atoms with Gasteiger partial charge in [0.1, 0.15) is 22.9 Å². The lowest BCUT2D eigenvalue weighted by Gasteiger charge is -2.43. The van der Waals surface area contributed by atoms with Gasteiger partial charge in [-0.05, 0) is 24.3 Å². The van der Waals surface area contributed by atoms with Crippen LogP contribution in [0.1, 0.15) is 35.2 Å². The maximum absolute atomic E-state index is 13.9. The van der Waals surface area contributed by atoms with Crippen molar-refractivity contribution in [2.45, 2.75) is 30.6 Å². The molecule has 8 heteroatoms. The third-order valence-corrected chi connectivity index (χ3v) is 7.45. The van der Waals surface area contributed by atoms with Gasteiger partial charge in [-0.15, -0.1) is 0 Å². The molecule has 0 radical (unpaired) electrons. The predicted octanol–water partition coefficient (Wildman–Crippen LogP) is 3.16. The number of halogens is 1. The van der Waals surface area contributed by atoms with Crippen LogP contribution in [0.15, 0.2) is 42.5 Å². The lowest BCUT2D eigenvalue weighted by atomic mass is 9.83. The second kappa shape index (κ2) is 7.42. The third kappa shape index (κ3) is 3.86. The van der Waals surface area contributed by atoms with Crippen molar-refractivity contribution in [1.29, 1.82) is 0 Å². The summed E-state index contributed by atoms with van der Waals surface area (Å²) in [7, 11) is -2.12. The molecule has 1 saturated heterocycles. The van der Waals surface area contributed by atoms with Gasteiger partial charge in [0, 0.05) is 31.5 Å². The average molecular weight is 419 g/mol. The molecule has 0 saturated carbocycles. The van der Waals surface area contributed by atoms with Crippen LogP contribution in [0, 0.1) is 5.82 Å². The summed E-state index contributed by atoms with van der Waals surface area (Å²) in [5, 5.41) is 0. The zero-order valence-corrected chi connectivity index (χ0v) is 16.9. The molecule has 0 aliphatic carbocycles. The quantitative estimate of drug-likeness (QED) is 0.761. The Morgan fingerprint density at radius 3 is 2.59 bits per heavy atom. The minimum atomic E-state index is -3.66. The highest BCUT2D eigenvalue weighted by Gasteiger charge is 2.45. The maximum atomic E-state index is 13.9. The molecule has 2 heterocycles. The molecule has 2 aromatic rings. The Morgan fingerprint density at radius 1 is 1.17 bits per heavy atom. The van der Waals surface area contributed by atoms with Gasteiger partial charge in [-0.2, -0.15) is 0 Å². The van der Waals surface area contributed by atoms with E-state index in [1.165, 1.54) is 29.6 Å². The van der Waals surface area contributed by atoms with E-state index in [9.17, 15) is 17.6 Å². The number of carbonyl (C=O) groups is 1. The van der Waals surface area contributed by atoms with E-state index in [-0.39, 0.29) is 36.6 Å². The number of ketones is 1. The number of rotatable bonds is 4. The summed E-state index contributed by atoms with van der Waals surface area (Å²) in [5.74, 6) is 0.149. The van der Waals surface area contributed by atoms with E-state index in [1.54, 1.807) is 24.3 Å². The van der Waals surface area contributed by atoms with Crippen LogP contribution in [0.2, 0.25) is 0 Å². The number of sulfonamides is 1. The van der Waals surface area contributed by atoms with Gasteiger partial charge in [0.15, 0.2) is 5.78 Å². The van der Waals surface area contributed by atoms with E-state index in [0.717, 1.165) is 0 Å². The molecule has 0 atom stereocenters. The Balaban J connectivity index is 1.47. The first-order valence-electron chi connectivity index (χ1n) is 9.43. The molecule has 1 fully saturated rings. The largest absolute Gasteiger partial charge is 0.497 e. The molecule has 0 bridgehead atoms. The number of ether oxygens (including phenoxy) is 2. The molecule has 0 unspecified atom stereocenters. The number of hydrogen-bond acceptors (Lipinski definition) is 5. The van der Waals surface area contributed by atoms with Crippen LogP contribution < -0.4 is 9.47 Å². The van der Waals surface area contributed by atoms with E-state index >= 15 is 0 Å². The van der Waals surface area contributed by atoms with Gasteiger partial charge < -0.3 is 9.47 Å². The van der Waals surface area contributed by atoms with Gasteiger partial charge in [0.2, 0.25) is 10.0 Å². The number of Topliss-reactive ketones (excluding diaryl/α,β-unsaturated/α-hetero) is 1. The van der Waals surface area contributed by atoms with Crippen molar-refractivity contribution < 1.29 is 27.1 Å². The number of carbonyl (C=O) groups excluding carboxylic acids is 1. The summed E-state index contributed by atoms with van der Waals surface area (Å²) >= 11 is 0. The van der Waals surface area contributed by atoms with Crippen LogP contribution in [-0.2, 0) is 15.8 Å². The Bertz CT molecular complexity index is 1040. The van der Waals surface area contributed by atoms with Crippen molar-refractivity contribution in [2.24, 2.45) is 0 Å². The van der Waals surface area contributed by atoms with Crippen LogP contribution in [0.4, 0.5) is 4.39 Å². The smallest absolute Gasteiger partial charge is 0.218 e. The minimum Gasteiger partial charge on any atom is -0.497 e. The zero-order valence-electron chi connectivity index (χ0n) is 16.1. The first-order chi connectivity index (χ1) is 13.8. The molecule has 2 aliphatic heterocycles. The molecular weight excluding hydrogens is 397 g/mol. The fourth-order valence-corrected chi connectivity index (χ4v) is 5.50. The van der Waals surface area contributed by atoms with Gasteiger partial charge in [-0.3, -0.25) is 4.79 Å². The van der Waals surface area contributed by atoms with Crippen LogP contribution in [0.5, 0.6) is 11.5 Å². The molecule has 29 heavy (non-hydrogen) atoms. The third-order valence-electron chi connectivity index (χ3n) is 5.62. The Labute approximate surface area is 169 Å². The van der Waals surface area contributed by atoms with Crippen molar-refractivity contribution in [2.75, 3.05) is 20.2 Å². The van der Waals surface area contributed by atoms with Gasteiger partial charge in [0.05, 0.1) is 24.8 Å². The van der Waals surface area contributed by atoms with Crippen LogP contribution in [0.25, 0.3) is 0 Å². The molecule has 0 aromatic heterocycles. The van der Waals surface area contributed by atoms with E-state index in [4.69, 9.17) is 9.47 Å². The topological polar surface area (TPSA) is 72.9 Å².